The van der Waals surface area contributed by atoms with Crippen LogP contribution in [0.1, 0.15) is 33.4 Å². The number of carbonyl (C=O) groups is 1. The van der Waals surface area contributed by atoms with Crippen LogP contribution >= 0.6 is 7.82 Å². The maximum Gasteiger partial charge on any atom is 0.475 e. The van der Waals surface area contributed by atoms with E-state index in [1.54, 1.807) is 0 Å². The van der Waals surface area contributed by atoms with Gasteiger partial charge in [0.2, 0.25) is 5.76 Å². The first-order valence-electron chi connectivity index (χ1n) is 14.9. The SMILES string of the molecule is Cc1cccc(COC2=C(OCc3cccc(C)c3)C([C@H](CO)OP(=O)(OCc3ccccc3)OCc3ccccc3)OC2=O)c1. The fraction of sp³-hybridized carbons (Fsp3) is 0.250. The van der Waals surface area contributed by atoms with E-state index in [0.29, 0.717) is 0 Å². The third-order valence-corrected chi connectivity index (χ3v) is 8.51. The second-order valence-corrected chi connectivity index (χ2v) is 12.5. The maximum atomic E-state index is 14.1. The van der Waals surface area contributed by atoms with E-state index in [2.05, 4.69) is 0 Å². The monoisotopic (exact) mass is 644 g/mol. The molecule has 4 aromatic carbocycles. The molecule has 1 unspecified atom stereocenters. The van der Waals surface area contributed by atoms with Gasteiger partial charge in [-0.3, -0.25) is 13.6 Å². The molecule has 0 saturated heterocycles. The highest BCUT2D eigenvalue weighted by Gasteiger charge is 2.46. The summed E-state index contributed by atoms with van der Waals surface area (Å²) in [5.41, 5.74) is 5.21. The molecule has 0 amide bonds. The Morgan fingerprint density at radius 3 is 1.70 bits per heavy atom. The van der Waals surface area contributed by atoms with Crippen molar-refractivity contribution < 1.29 is 42.2 Å². The molecule has 0 fully saturated rings. The van der Waals surface area contributed by atoms with Gasteiger partial charge in [-0.2, -0.15) is 0 Å². The molecule has 0 spiro atoms. The van der Waals surface area contributed by atoms with E-state index in [9.17, 15) is 14.5 Å². The summed E-state index contributed by atoms with van der Waals surface area (Å²) in [6.07, 6.45) is -2.68. The van der Waals surface area contributed by atoms with Crippen LogP contribution in [-0.2, 0) is 63.6 Å². The smallest absolute Gasteiger partial charge is 0.475 e. The molecular weight excluding hydrogens is 607 g/mol. The number of phosphoric ester groups is 1. The number of hydrogen-bond donors (Lipinski definition) is 1. The van der Waals surface area contributed by atoms with Crippen molar-refractivity contribution in [3.05, 3.63) is 154 Å². The molecule has 2 atom stereocenters. The van der Waals surface area contributed by atoms with Crippen LogP contribution in [0.2, 0.25) is 0 Å². The molecule has 0 saturated carbocycles. The van der Waals surface area contributed by atoms with Crippen molar-refractivity contribution >= 4 is 13.8 Å². The van der Waals surface area contributed by atoms with Crippen LogP contribution in [0, 0.1) is 13.8 Å². The summed E-state index contributed by atoms with van der Waals surface area (Å²) < 4.78 is 49.3. The number of aliphatic hydroxyl groups excluding tert-OH is 1. The molecule has 0 aliphatic carbocycles. The predicted octanol–water partition coefficient (Wildman–Crippen LogP) is 7.09. The van der Waals surface area contributed by atoms with Gasteiger partial charge in [-0.05, 0) is 36.1 Å². The van der Waals surface area contributed by atoms with Gasteiger partial charge in [0, 0.05) is 0 Å². The van der Waals surface area contributed by atoms with Crippen LogP contribution in [0.5, 0.6) is 0 Å². The second kappa shape index (κ2) is 15.9. The van der Waals surface area contributed by atoms with E-state index in [4.69, 9.17) is 27.8 Å². The van der Waals surface area contributed by atoms with Gasteiger partial charge < -0.3 is 19.3 Å². The molecule has 1 N–H and O–H groups in total. The van der Waals surface area contributed by atoms with Gasteiger partial charge in [0.25, 0.3) is 0 Å². The lowest BCUT2D eigenvalue weighted by atomic mass is 10.1. The number of esters is 1. The van der Waals surface area contributed by atoms with Gasteiger partial charge in [0.1, 0.15) is 19.3 Å². The Bertz CT molecular complexity index is 1630. The standard InChI is InChI=1S/C36H37O9P/c1-26-11-9-17-30(19-26)22-40-34-33(44-36(38)35(34)41-23-31-18-10-12-27(2)20-31)32(21-37)45-46(39,42-24-28-13-5-3-6-14-28)43-25-29-15-7-4-8-16-29/h3-20,32-33,37H,21-25H2,1-2H3/t32-,33?/m0/s1. The average Bonchev–Trinajstić information content (AvgIpc) is 3.39. The van der Waals surface area contributed by atoms with Crippen molar-refractivity contribution in [3.8, 4) is 0 Å². The Morgan fingerprint density at radius 2 is 1.20 bits per heavy atom. The van der Waals surface area contributed by atoms with Crippen LogP contribution in [0.15, 0.2) is 121 Å². The summed E-state index contributed by atoms with van der Waals surface area (Å²) in [7, 11) is -4.36. The van der Waals surface area contributed by atoms with Crippen LogP contribution in [0.3, 0.4) is 0 Å². The topological polar surface area (TPSA) is 110 Å². The summed E-state index contributed by atoms with van der Waals surface area (Å²) in [5, 5.41) is 10.5. The number of rotatable bonds is 16. The number of ether oxygens (including phenoxy) is 3. The number of benzene rings is 4. The van der Waals surface area contributed by atoms with Gasteiger partial charge in [-0.15, -0.1) is 0 Å². The van der Waals surface area contributed by atoms with Crippen molar-refractivity contribution in [1.29, 1.82) is 0 Å². The van der Waals surface area contributed by atoms with E-state index in [1.165, 1.54) is 0 Å². The van der Waals surface area contributed by atoms with Crippen molar-refractivity contribution in [1.82, 2.24) is 0 Å². The molecule has 1 aliphatic rings. The lowest BCUT2D eigenvalue weighted by Gasteiger charge is -2.27. The molecule has 0 bridgehead atoms. The fourth-order valence-electron chi connectivity index (χ4n) is 4.80. The van der Waals surface area contributed by atoms with Crippen molar-refractivity contribution in [2.75, 3.05) is 6.61 Å². The zero-order valence-electron chi connectivity index (χ0n) is 25.7. The highest BCUT2D eigenvalue weighted by Crippen LogP contribution is 2.53. The number of aliphatic hydroxyl groups is 1. The van der Waals surface area contributed by atoms with Gasteiger partial charge in [-0.1, -0.05) is 120 Å². The van der Waals surface area contributed by atoms with E-state index in [-0.39, 0.29) is 37.9 Å². The zero-order chi connectivity index (χ0) is 32.4. The van der Waals surface area contributed by atoms with E-state index >= 15 is 0 Å². The number of carbonyl (C=O) groups excluding carboxylic acids is 1. The first-order chi connectivity index (χ1) is 22.3. The van der Waals surface area contributed by atoms with Crippen LogP contribution < -0.4 is 0 Å². The minimum absolute atomic E-state index is 0.0101. The lowest BCUT2D eigenvalue weighted by Crippen LogP contribution is -2.35. The highest BCUT2D eigenvalue weighted by atomic mass is 31.2. The molecular formula is C36H37O9P. The summed E-state index contributed by atoms with van der Waals surface area (Å²) in [6, 6.07) is 33.6. The van der Waals surface area contributed by atoms with Gasteiger partial charge >= 0.3 is 13.8 Å². The highest BCUT2D eigenvalue weighted by molar-refractivity contribution is 7.48. The van der Waals surface area contributed by atoms with E-state index < -0.39 is 32.6 Å². The summed E-state index contributed by atoms with van der Waals surface area (Å²) in [4.78, 5) is 13.2. The number of cyclic esters (lactones) is 1. The Hall–Kier alpha value is -4.24. The lowest BCUT2D eigenvalue weighted by molar-refractivity contribution is -0.148. The fourth-order valence-corrected chi connectivity index (χ4v) is 6.12. The molecule has 4 aromatic rings. The zero-order valence-corrected chi connectivity index (χ0v) is 26.6. The third-order valence-electron chi connectivity index (χ3n) is 7.09. The summed E-state index contributed by atoms with van der Waals surface area (Å²) in [6.45, 7) is 3.18. The Balaban J connectivity index is 1.41. The second-order valence-electron chi connectivity index (χ2n) is 10.9. The molecule has 9 nitrogen and oxygen atoms in total. The minimum Gasteiger partial charge on any atom is -0.485 e. The minimum atomic E-state index is -4.36. The van der Waals surface area contributed by atoms with Crippen molar-refractivity contribution in [2.24, 2.45) is 0 Å². The van der Waals surface area contributed by atoms with Gasteiger partial charge in [-0.25, -0.2) is 9.36 Å². The van der Waals surface area contributed by atoms with Crippen molar-refractivity contribution in [3.63, 3.8) is 0 Å². The quantitative estimate of drug-likeness (QED) is 0.101. The first-order valence-corrected chi connectivity index (χ1v) is 16.4. The maximum absolute atomic E-state index is 14.1. The molecule has 0 radical (unpaired) electrons. The molecule has 1 heterocycles. The molecule has 10 heteroatoms. The average molecular weight is 645 g/mol. The van der Waals surface area contributed by atoms with E-state index in [0.717, 1.165) is 33.4 Å². The molecule has 46 heavy (non-hydrogen) atoms. The number of aryl methyl sites for hydroxylation is 2. The van der Waals surface area contributed by atoms with Crippen LogP contribution in [0.25, 0.3) is 0 Å². The number of phosphoric acid groups is 1. The summed E-state index contributed by atoms with van der Waals surface area (Å²) in [5.74, 6) is -0.952. The molecule has 240 valence electrons. The van der Waals surface area contributed by atoms with Gasteiger partial charge in [0.05, 0.1) is 19.8 Å². The Morgan fingerprint density at radius 1 is 0.696 bits per heavy atom. The van der Waals surface area contributed by atoms with Crippen molar-refractivity contribution in [2.45, 2.75) is 52.5 Å². The normalized spacial score (nSPS) is 15.5. The molecule has 0 aromatic heterocycles. The van der Waals surface area contributed by atoms with Gasteiger partial charge in [0.15, 0.2) is 11.9 Å². The Kier molecular flexibility index (Phi) is 11.4. The van der Waals surface area contributed by atoms with Crippen LogP contribution in [-0.4, -0.2) is 29.9 Å². The Labute approximate surface area is 268 Å². The third kappa shape index (κ3) is 9.16. The number of hydrogen-bond acceptors (Lipinski definition) is 9. The van der Waals surface area contributed by atoms with E-state index in [1.807, 2.05) is 123 Å². The molecule has 5 rings (SSSR count). The summed E-state index contributed by atoms with van der Waals surface area (Å²) >= 11 is 0. The predicted molar refractivity (Wildman–Crippen MR) is 171 cm³/mol. The largest absolute Gasteiger partial charge is 0.485 e. The first kappa shape index (κ1) is 33.1. The molecule has 1 aliphatic heterocycles. The van der Waals surface area contributed by atoms with Crippen LogP contribution in [0.4, 0.5) is 0 Å².